The molecule has 1 heterocycles. The first kappa shape index (κ1) is 26.1. The van der Waals surface area contributed by atoms with E-state index in [0.29, 0.717) is 30.0 Å². The fourth-order valence-corrected chi connectivity index (χ4v) is 5.38. The lowest BCUT2D eigenvalue weighted by Gasteiger charge is -2.31. The molecule has 0 fully saturated rings. The summed E-state index contributed by atoms with van der Waals surface area (Å²) in [5, 5.41) is 5.46. The number of benzene rings is 5. The third kappa shape index (κ3) is 5.50. The standard InChI is InChI=1S/C35H31N3O3/c1-23(27-15-14-25-6-2-3-7-28(25)20-27)37-35(40)29-16-17-32-33(21-29)41-19-18-38(32)22-24-10-12-26(13-11-24)30-8-4-5-9-31(30)34(36)39/h2-17,20-21,23H,18-19,22H2,1H3,(H2,36,39)(H,37,40)/t23-/m0/s1. The van der Waals surface area contributed by atoms with Crippen molar-refractivity contribution < 1.29 is 14.3 Å². The van der Waals surface area contributed by atoms with E-state index in [9.17, 15) is 9.59 Å². The van der Waals surface area contributed by atoms with Gasteiger partial charge in [0.25, 0.3) is 5.91 Å². The molecule has 0 aromatic heterocycles. The van der Waals surface area contributed by atoms with Gasteiger partial charge in [0, 0.05) is 17.7 Å². The molecule has 0 spiro atoms. The van der Waals surface area contributed by atoms with Gasteiger partial charge in [-0.15, -0.1) is 0 Å². The lowest BCUT2D eigenvalue weighted by Crippen LogP contribution is -2.32. The lowest BCUT2D eigenvalue weighted by atomic mass is 9.98. The molecule has 204 valence electrons. The van der Waals surface area contributed by atoms with Crippen molar-refractivity contribution in [3.05, 3.63) is 131 Å². The number of nitrogens with zero attached hydrogens (tertiary/aromatic N) is 1. The molecule has 0 aliphatic carbocycles. The number of carbonyl (C=O) groups is 2. The molecular formula is C35H31N3O3. The van der Waals surface area contributed by atoms with Crippen LogP contribution in [0.2, 0.25) is 0 Å². The average Bonchev–Trinajstić information content (AvgIpc) is 3.01. The van der Waals surface area contributed by atoms with Crippen LogP contribution in [0.1, 0.15) is 44.8 Å². The fraction of sp³-hybridized carbons (Fsp3) is 0.143. The van der Waals surface area contributed by atoms with Gasteiger partial charge in [0.2, 0.25) is 5.91 Å². The van der Waals surface area contributed by atoms with Crippen LogP contribution in [0.25, 0.3) is 21.9 Å². The van der Waals surface area contributed by atoms with Gasteiger partial charge in [0.15, 0.2) is 0 Å². The Hall–Kier alpha value is -5.10. The van der Waals surface area contributed by atoms with Gasteiger partial charge in [-0.2, -0.15) is 0 Å². The van der Waals surface area contributed by atoms with Crippen molar-refractivity contribution >= 4 is 28.3 Å². The van der Waals surface area contributed by atoms with Crippen LogP contribution in [-0.4, -0.2) is 25.0 Å². The topological polar surface area (TPSA) is 84.7 Å². The van der Waals surface area contributed by atoms with Gasteiger partial charge in [-0.1, -0.05) is 78.9 Å². The number of ether oxygens (including phenoxy) is 1. The van der Waals surface area contributed by atoms with Crippen LogP contribution in [0, 0.1) is 0 Å². The van der Waals surface area contributed by atoms with Gasteiger partial charge in [0.05, 0.1) is 18.3 Å². The Balaban J connectivity index is 1.15. The molecule has 3 N–H and O–H groups in total. The molecule has 0 saturated heterocycles. The smallest absolute Gasteiger partial charge is 0.251 e. The minimum absolute atomic E-state index is 0.138. The molecule has 0 bridgehead atoms. The molecule has 1 aliphatic rings. The maximum absolute atomic E-state index is 13.2. The molecule has 5 aromatic rings. The summed E-state index contributed by atoms with van der Waals surface area (Å²) in [5.74, 6) is 0.126. The molecule has 6 nitrogen and oxygen atoms in total. The first-order valence-corrected chi connectivity index (χ1v) is 13.8. The summed E-state index contributed by atoms with van der Waals surface area (Å²) < 4.78 is 5.97. The normalized spacial score (nSPS) is 13.2. The molecule has 1 atom stereocenters. The second-order valence-corrected chi connectivity index (χ2v) is 10.4. The Kier molecular flexibility index (Phi) is 7.13. The zero-order chi connectivity index (χ0) is 28.3. The van der Waals surface area contributed by atoms with E-state index in [1.165, 1.54) is 5.39 Å². The van der Waals surface area contributed by atoms with E-state index < -0.39 is 5.91 Å². The second kappa shape index (κ2) is 11.2. The van der Waals surface area contributed by atoms with Crippen LogP contribution in [0.5, 0.6) is 5.75 Å². The number of hydrogen-bond donors (Lipinski definition) is 2. The first-order chi connectivity index (χ1) is 20.0. The highest BCUT2D eigenvalue weighted by Crippen LogP contribution is 2.34. The molecule has 41 heavy (non-hydrogen) atoms. The lowest BCUT2D eigenvalue weighted by molar-refractivity contribution is 0.0938. The second-order valence-electron chi connectivity index (χ2n) is 10.4. The maximum atomic E-state index is 13.2. The summed E-state index contributed by atoms with van der Waals surface area (Å²) >= 11 is 0. The Bertz CT molecular complexity index is 1750. The van der Waals surface area contributed by atoms with Gasteiger partial charge in [0.1, 0.15) is 12.4 Å². The number of primary amides is 1. The molecule has 1 aliphatic heterocycles. The van der Waals surface area contributed by atoms with E-state index in [-0.39, 0.29) is 11.9 Å². The molecule has 2 amide bonds. The molecule has 0 radical (unpaired) electrons. The van der Waals surface area contributed by atoms with Crippen LogP contribution in [-0.2, 0) is 6.54 Å². The van der Waals surface area contributed by atoms with E-state index in [4.69, 9.17) is 10.5 Å². The molecule has 0 unspecified atom stereocenters. The summed E-state index contributed by atoms with van der Waals surface area (Å²) in [7, 11) is 0. The number of rotatable bonds is 7. The third-order valence-electron chi connectivity index (χ3n) is 7.63. The number of hydrogen-bond acceptors (Lipinski definition) is 4. The summed E-state index contributed by atoms with van der Waals surface area (Å²) in [5.41, 5.74) is 11.5. The van der Waals surface area contributed by atoms with E-state index in [1.54, 1.807) is 6.07 Å². The van der Waals surface area contributed by atoms with Crippen LogP contribution in [0.15, 0.2) is 109 Å². The van der Waals surface area contributed by atoms with Gasteiger partial charge in [-0.25, -0.2) is 0 Å². The summed E-state index contributed by atoms with van der Waals surface area (Å²) in [6.07, 6.45) is 0. The summed E-state index contributed by atoms with van der Waals surface area (Å²) in [6.45, 7) is 3.97. The van der Waals surface area contributed by atoms with Gasteiger partial charge in [-0.3, -0.25) is 9.59 Å². The minimum atomic E-state index is -0.439. The number of amides is 2. The predicted octanol–water partition coefficient (Wildman–Crippen LogP) is 6.50. The zero-order valence-corrected chi connectivity index (χ0v) is 22.8. The van der Waals surface area contributed by atoms with Crippen LogP contribution >= 0.6 is 0 Å². The van der Waals surface area contributed by atoms with E-state index in [2.05, 4.69) is 52.7 Å². The van der Waals surface area contributed by atoms with Gasteiger partial charge >= 0.3 is 0 Å². The Morgan fingerprint density at radius 3 is 2.44 bits per heavy atom. The number of nitrogens with two attached hydrogens (primary N) is 1. The van der Waals surface area contributed by atoms with E-state index in [1.807, 2.05) is 67.6 Å². The SMILES string of the molecule is C[C@H](NC(=O)c1ccc2c(c1)OCCN2Cc1ccc(-c2ccccc2C(N)=O)cc1)c1ccc2ccccc2c1. The highest BCUT2D eigenvalue weighted by molar-refractivity contribution is 6.00. The number of carbonyl (C=O) groups excluding carboxylic acids is 2. The van der Waals surface area contributed by atoms with Crippen LogP contribution < -0.4 is 20.7 Å². The Labute approximate surface area is 239 Å². The molecule has 5 aromatic carbocycles. The predicted molar refractivity (Wildman–Crippen MR) is 163 cm³/mol. The monoisotopic (exact) mass is 541 g/mol. The van der Waals surface area contributed by atoms with Crippen molar-refractivity contribution in [2.45, 2.75) is 19.5 Å². The van der Waals surface area contributed by atoms with Crippen LogP contribution in [0.4, 0.5) is 5.69 Å². The number of anilines is 1. The third-order valence-corrected chi connectivity index (χ3v) is 7.63. The zero-order valence-electron chi connectivity index (χ0n) is 22.8. The van der Waals surface area contributed by atoms with Crippen molar-refractivity contribution in [3.8, 4) is 16.9 Å². The largest absolute Gasteiger partial charge is 0.490 e. The molecule has 6 heteroatoms. The van der Waals surface area contributed by atoms with Crippen molar-refractivity contribution in [1.82, 2.24) is 5.32 Å². The van der Waals surface area contributed by atoms with Gasteiger partial charge in [-0.05, 0) is 70.3 Å². The van der Waals surface area contributed by atoms with Crippen molar-refractivity contribution in [2.75, 3.05) is 18.1 Å². The quantitative estimate of drug-likeness (QED) is 0.247. The van der Waals surface area contributed by atoms with Crippen molar-refractivity contribution in [1.29, 1.82) is 0 Å². The average molecular weight is 542 g/mol. The Morgan fingerprint density at radius 2 is 1.63 bits per heavy atom. The molecule has 6 rings (SSSR count). The van der Waals surface area contributed by atoms with Crippen LogP contribution in [0.3, 0.4) is 0 Å². The molecular weight excluding hydrogens is 510 g/mol. The Morgan fingerprint density at radius 1 is 0.878 bits per heavy atom. The van der Waals surface area contributed by atoms with E-state index in [0.717, 1.165) is 39.9 Å². The maximum Gasteiger partial charge on any atom is 0.251 e. The van der Waals surface area contributed by atoms with Crippen molar-refractivity contribution in [2.24, 2.45) is 5.73 Å². The molecule has 0 saturated carbocycles. The first-order valence-electron chi connectivity index (χ1n) is 13.8. The summed E-state index contributed by atoms with van der Waals surface area (Å²) in [6, 6.07) is 35.5. The highest BCUT2D eigenvalue weighted by Gasteiger charge is 2.21. The van der Waals surface area contributed by atoms with E-state index >= 15 is 0 Å². The fourth-order valence-electron chi connectivity index (χ4n) is 5.38. The highest BCUT2D eigenvalue weighted by atomic mass is 16.5. The minimum Gasteiger partial charge on any atom is -0.490 e. The number of fused-ring (bicyclic) bond motifs is 2. The van der Waals surface area contributed by atoms with Gasteiger partial charge < -0.3 is 20.7 Å². The summed E-state index contributed by atoms with van der Waals surface area (Å²) in [4.78, 5) is 27.3. The van der Waals surface area contributed by atoms with Crippen molar-refractivity contribution in [3.63, 3.8) is 0 Å². The number of nitrogens with one attached hydrogen (secondary N) is 1.